The van der Waals surface area contributed by atoms with E-state index in [1.165, 1.54) is 0 Å². The summed E-state index contributed by atoms with van der Waals surface area (Å²) in [6.45, 7) is 4.58. The fourth-order valence-corrected chi connectivity index (χ4v) is 4.53. The van der Waals surface area contributed by atoms with Crippen molar-refractivity contribution in [2.75, 3.05) is 0 Å². The maximum Gasteiger partial charge on any atom is 0.260 e. The van der Waals surface area contributed by atoms with Crippen LogP contribution < -0.4 is 10.5 Å². The molecule has 0 aliphatic heterocycles. The minimum atomic E-state index is -3.72. The molecular weight excluding hydrogens is 308 g/mol. The number of imidazole rings is 1. The van der Waals surface area contributed by atoms with Crippen LogP contribution in [0, 0.1) is 6.92 Å². The Hall–Kier alpha value is -0.990. The van der Waals surface area contributed by atoms with Gasteiger partial charge in [-0.05, 0) is 26.2 Å². The minimum absolute atomic E-state index is 0.0379. The number of hydrogen-bond donors (Lipinski definition) is 2. The van der Waals surface area contributed by atoms with Crippen molar-refractivity contribution in [3.05, 3.63) is 12.0 Å². The van der Waals surface area contributed by atoms with Crippen molar-refractivity contribution < 1.29 is 8.42 Å². The predicted molar refractivity (Wildman–Crippen MR) is 85.6 cm³/mol. The normalized spacial score (nSPS) is 18.0. The summed E-state index contributed by atoms with van der Waals surface area (Å²) in [5.41, 5.74) is 4.98. The first-order chi connectivity index (χ1) is 9.81. The molecule has 0 saturated heterocycles. The molecule has 0 bridgehead atoms. The van der Waals surface area contributed by atoms with Gasteiger partial charge in [0.1, 0.15) is 5.82 Å². The molecule has 1 aliphatic rings. The molecule has 3 N–H and O–H groups in total. The first-order valence-electron chi connectivity index (χ1n) is 7.18. The van der Waals surface area contributed by atoms with Crippen LogP contribution in [-0.4, -0.2) is 28.5 Å². The van der Waals surface area contributed by atoms with Crippen molar-refractivity contribution in [3.8, 4) is 0 Å². The molecule has 0 atom stereocenters. The molecule has 6 nitrogen and oxygen atoms in total. The van der Waals surface area contributed by atoms with Crippen LogP contribution in [0.3, 0.4) is 0 Å². The summed E-state index contributed by atoms with van der Waals surface area (Å²) in [7, 11) is -3.72. The molecule has 0 radical (unpaired) electrons. The van der Waals surface area contributed by atoms with E-state index in [0.717, 1.165) is 25.8 Å². The van der Waals surface area contributed by atoms with Crippen LogP contribution in [0.2, 0.25) is 0 Å². The Balaban J connectivity index is 2.29. The van der Waals surface area contributed by atoms with Crippen molar-refractivity contribution in [2.45, 2.75) is 63.1 Å². The molecule has 1 saturated carbocycles. The van der Waals surface area contributed by atoms with Gasteiger partial charge in [-0.15, -0.1) is 0 Å². The summed E-state index contributed by atoms with van der Waals surface area (Å²) in [5.74, 6) is 0.688. The molecule has 0 spiro atoms. The number of rotatable bonds is 6. The summed E-state index contributed by atoms with van der Waals surface area (Å²) in [6, 6.07) is 0. The lowest BCUT2D eigenvalue weighted by Crippen LogP contribution is -2.54. The van der Waals surface area contributed by atoms with Crippen LogP contribution >= 0.6 is 12.2 Å². The summed E-state index contributed by atoms with van der Waals surface area (Å²) < 4.78 is 29.7. The maximum absolute atomic E-state index is 12.6. The van der Waals surface area contributed by atoms with Gasteiger partial charge in [-0.25, -0.2) is 13.4 Å². The molecule has 8 heteroatoms. The summed E-state index contributed by atoms with van der Waals surface area (Å²) in [4.78, 5) is 4.38. The fraction of sp³-hybridized carbons (Fsp3) is 0.692. The van der Waals surface area contributed by atoms with Gasteiger partial charge in [0.15, 0.2) is 5.03 Å². The third-order valence-corrected chi connectivity index (χ3v) is 5.75. The number of hydrogen-bond acceptors (Lipinski definition) is 4. The molecule has 1 aliphatic carbocycles. The Morgan fingerprint density at radius 3 is 2.67 bits per heavy atom. The van der Waals surface area contributed by atoms with Crippen LogP contribution in [0.4, 0.5) is 0 Å². The summed E-state index contributed by atoms with van der Waals surface area (Å²) >= 11 is 5.08. The van der Waals surface area contributed by atoms with E-state index in [-0.39, 0.29) is 10.0 Å². The van der Waals surface area contributed by atoms with Gasteiger partial charge < -0.3 is 10.3 Å². The highest BCUT2D eigenvalue weighted by atomic mass is 32.2. The highest BCUT2D eigenvalue weighted by Crippen LogP contribution is 2.31. The van der Waals surface area contributed by atoms with Gasteiger partial charge in [0.05, 0.1) is 10.5 Å². The number of nitrogens with one attached hydrogen (secondary N) is 1. The monoisotopic (exact) mass is 330 g/mol. The minimum Gasteiger partial charge on any atom is -0.392 e. The number of thiocarbonyl (C=S) groups is 1. The average Bonchev–Trinajstić information content (AvgIpc) is 2.99. The number of aromatic nitrogens is 2. The zero-order valence-corrected chi connectivity index (χ0v) is 14.1. The third-order valence-electron chi connectivity index (χ3n) is 3.95. The molecule has 1 heterocycles. The Labute approximate surface area is 131 Å². The number of sulfonamides is 1. The Morgan fingerprint density at radius 1 is 1.52 bits per heavy atom. The highest BCUT2D eigenvalue weighted by Gasteiger charge is 2.41. The second-order valence-electron chi connectivity index (χ2n) is 5.58. The molecule has 1 aromatic rings. The van der Waals surface area contributed by atoms with E-state index in [4.69, 9.17) is 18.0 Å². The Bertz CT molecular complexity index is 631. The quantitative estimate of drug-likeness (QED) is 0.771. The van der Waals surface area contributed by atoms with Crippen LogP contribution in [-0.2, 0) is 16.6 Å². The molecule has 1 fully saturated rings. The number of aryl methyl sites for hydroxylation is 2. The smallest absolute Gasteiger partial charge is 0.260 e. The predicted octanol–water partition coefficient (Wildman–Crippen LogP) is 1.48. The lowest BCUT2D eigenvalue weighted by molar-refractivity contribution is 0.501. The van der Waals surface area contributed by atoms with Crippen LogP contribution in [0.25, 0.3) is 0 Å². The van der Waals surface area contributed by atoms with Crippen LogP contribution in [0.1, 0.15) is 44.9 Å². The zero-order chi connectivity index (χ0) is 15.7. The SMILES string of the molecule is CCCn1cc(S(=O)(=O)NC2(C(N)=S)CCCC2)nc1C. The standard InChI is InChI=1S/C13H22N4O2S2/c1-3-8-17-9-11(15-10(17)2)21(18,19)16-13(12(14)20)6-4-5-7-13/h9,16H,3-8H2,1-2H3,(H2,14,20). The number of nitrogens with zero attached hydrogens (tertiary/aromatic N) is 2. The molecule has 0 aromatic carbocycles. The first-order valence-corrected chi connectivity index (χ1v) is 9.07. The molecule has 0 unspecified atom stereocenters. The second kappa shape index (κ2) is 6.02. The summed E-state index contributed by atoms with van der Waals surface area (Å²) in [6.07, 6.45) is 5.63. The van der Waals surface area contributed by atoms with Crippen LogP contribution in [0.5, 0.6) is 0 Å². The molecule has 1 aromatic heterocycles. The molecule has 0 amide bonds. The van der Waals surface area contributed by atoms with E-state index in [1.54, 1.807) is 13.1 Å². The van der Waals surface area contributed by atoms with Gasteiger partial charge in [-0.3, -0.25) is 0 Å². The van der Waals surface area contributed by atoms with E-state index >= 15 is 0 Å². The highest BCUT2D eigenvalue weighted by molar-refractivity contribution is 7.89. The van der Waals surface area contributed by atoms with Gasteiger partial charge in [0, 0.05) is 12.7 Å². The second-order valence-corrected chi connectivity index (χ2v) is 7.65. The molecule has 118 valence electrons. The van der Waals surface area contributed by atoms with Crippen molar-refractivity contribution in [1.29, 1.82) is 0 Å². The Morgan fingerprint density at radius 2 is 2.14 bits per heavy atom. The van der Waals surface area contributed by atoms with Crippen molar-refractivity contribution in [1.82, 2.24) is 14.3 Å². The maximum atomic E-state index is 12.6. The fourth-order valence-electron chi connectivity index (χ4n) is 2.76. The topological polar surface area (TPSA) is 90.0 Å². The molecular formula is C13H22N4O2S2. The van der Waals surface area contributed by atoms with E-state index in [2.05, 4.69) is 9.71 Å². The van der Waals surface area contributed by atoms with E-state index in [1.807, 2.05) is 11.5 Å². The van der Waals surface area contributed by atoms with Crippen molar-refractivity contribution in [2.24, 2.45) is 5.73 Å². The van der Waals surface area contributed by atoms with Gasteiger partial charge in [0.25, 0.3) is 10.0 Å². The largest absolute Gasteiger partial charge is 0.392 e. The number of nitrogens with two attached hydrogens (primary N) is 1. The lowest BCUT2D eigenvalue weighted by Gasteiger charge is -2.28. The lowest BCUT2D eigenvalue weighted by atomic mass is 10.00. The van der Waals surface area contributed by atoms with Crippen molar-refractivity contribution >= 4 is 27.2 Å². The average molecular weight is 330 g/mol. The van der Waals surface area contributed by atoms with E-state index in [0.29, 0.717) is 18.7 Å². The van der Waals surface area contributed by atoms with E-state index in [9.17, 15) is 8.42 Å². The third kappa shape index (κ3) is 3.27. The molecule has 21 heavy (non-hydrogen) atoms. The Kier molecular flexibility index (Phi) is 4.69. The van der Waals surface area contributed by atoms with Crippen molar-refractivity contribution in [3.63, 3.8) is 0 Å². The van der Waals surface area contributed by atoms with Gasteiger partial charge in [-0.1, -0.05) is 32.0 Å². The summed E-state index contributed by atoms with van der Waals surface area (Å²) in [5, 5.41) is 0.0379. The van der Waals surface area contributed by atoms with Gasteiger partial charge >= 0.3 is 0 Å². The van der Waals surface area contributed by atoms with E-state index < -0.39 is 15.6 Å². The van der Waals surface area contributed by atoms with Crippen LogP contribution in [0.15, 0.2) is 11.2 Å². The zero-order valence-electron chi connectivity index (χ0n) is 12.4. The molecule has 2 rings (SSSR count). The van der Waals surface area contributed by atoms with Gasteiger partial charge in [-0.2, -0.15) is 4.72 Å². The first kappa shape index (κ1) is 16.4. The van der Waals surface area contributed by atoms with Gasteiger partial charge in [0.2, 0.25) is 0 Å².